The number of carboxylic acid groups (broad SMARTS) is 1. The highest BCUT2D eigenvalue weighted by atomic mass is 16.6. The number of hydrogen-bond acceptors (Lipinski definition) is 6. The summed E-state index contributed by atoms with van der Waals surface area (Å²) in [6.07, 6.45) is 6.43. The summed E-state index contributed by atoms with van der Waals surface area (Å²) >= 11 is 0. The number of carboxylic acids is 1. The van der Waals surface area contributed by atoms with E-state index in [1.807, 2.05) is 73.7 Å². The number of hydrogen-bond donors (Lipinski definition) is 1. The minimum atomic E-state index is -1.12. The summed E-state index contributed by atoms with van der Waals surface area (Å²) in [5, 5.41) is 9.34. The molecule has 1 heterocycles. The van der Waals surface area contributed by atoms with Crippen LogP contribution in [0.15, 0.2) is 101 Å². The van der Waals surface area contributed by atoms with Crippen molar-refractivity contribution in [3.8, 4) is 23.0 Å². The standard InChI is InChI=1S/C34H34N2O6/c1-25-31(35-33(41-25)28-15-8-6-9-16-28)17-10-5-3-4-7-12-26-13-11-14-27(22-26)23-36(24-32(37)38)34(39)42-30-20-18-29(40-2)19-21-30/h4-6,8-9,11,13-16,18-22H,7,10,12,17,23-24H2,1-2H3,(H,37,38). The molecule has 4 rings (SSSR count). The van der Waals surface area contributed by atoms with E-state index in [1.54, 1.807) is 31.4 Å². The van der Waals surface area contributed by atoms with Gasteiger partial charge in [0.1, 0.15) is 23.8 Å². The molecule has 1 amide bonds. The third-order valence-corrected chi connectivity index (χ3v) is 6.47. The van der Waals surface area contributed by atoms with Crippen molar-refractivity contribution in [1.82, 2.24) is 9.88 Å². The fraction of sp³-hybridized carbons (Fsp3) is 0.235. The average Bonchev–Trinajstić information content (AvgIpc) is 3.37. The second kappa shape index (κ2) is 15.1. The molecular weight excluding hydrogens is 532 g/mol. The fourth-order valence-electron chi connectivity index (χ4n) is 4.32. The van der Waals surface area contributed by atoms with E-state index in [-0.39, 0.29) is 6.54 Å². The van der Waals surface area contributed by atoms with Gasteiger partial charge in [0.25, 0.3) is 0 Å². The molecule has 216 valence electrons. The summed E-state index contributed by atoms with van der Waals surface area (Å²) in [5.74, 6) is 1.29. The van der Waals surface area contributed by atoms with Crippen molar-refractivity contribution >= 4 is 12.1 Å². The van der Waals surface area contributed by atoms with Crippen molar-refractivity contribution in [2.24, 2.45) is 0 Å². The number of rotatable bonds is 13. The molecule has 4 aromatic rings. The van der Waals surface area contributed by atoms with Crippen LogP contribution in [0.4, 0.5) is 4.79 Å². The van der Waals surface area contributed by atoms with Gasteiger partial charge in [-0.3, -0.25) is 9.69 Å². The quantitative estimate of drug-likeness (QED) is 0.174. The first kappa shape index (κ1) is 29.9. The van der Waals surface area contributed by atoms with Crippen molar-refractivity contribution < 1.29 is 28.6 Å². The summed E-state index contributed by atoms with van der Waals surface area (Å²) in [6, 6.07) is 24.1. The topological polar surface area (TPSA) is 102 Å². The Morgan fingerprint density at radius 1 is 0.929 bits per heavy atom. The van der Waals surface area contributed by atoms with Gasteiger partial charge in [0.15, 0.2) is 0 Å². The molecular formula is C34H34N2O6. The Bertz CT molecular complexity index is 1540. The van der Waals surface area contributed by atoms with Crippen LogP contribution in [0.3, 0.4) is 0 Å². The van der Waals surface area contributed by atoms with Gasteiger partial charge in [-0.25, -0.2) is 9.78 Å². The fourth-order valence-corrected chi connectivity index (χ4v) is 4.32. The third-order valence-electron chi connectivity index (χ3n) is 6.47. The molecule has 3 aromatic carbocycles. The predicted molar refractivity (Wildman–Crippen MR) is 159 cm³/mol. The largest absolute Gasteiger partial charge is 0.497 e. The molecule has 1 aromatic heterocycles. The van der Waals surface area contributed by atoms with Gasteiger partial charge in [0.05, 0.1) is 12.8 Å². The molecule has 0 spiro atoms. The molecule has 0 aliphatic heterocycles. The van der Waals surface area contributed by atoms with Gasteiger partial charge in [0.2, 0.25) is 5.89 Å². The van der Waals surface area contributed by atoms with Crippen LogP contribution in [0.25, 0.3) is 11.5 Å². The van der Waals surface area contributed by atoms with Crippen molar-refractivity contribution in [3.63, 3.8) is 0 Å². The van der Waals surface area contributed by atoms with Crippen LogP contribution in [0.5, 0.6) is 11.5 Å². The first-order valence-electron chi connectivity index (χ1n) is 13.7. The second-order valence-corrected chi connectivity index (χ2v) is 9.65. The number of carbonyl (C=O) groups excluding carboxylic acids is 1. The van der Waals surface area contributed by atoms with Gasteiger partial charge < -0.3 is 19.0 Å². The molecule has 0 bridgehead atoms. The molecule has 0 saturated heterocycles. The summed E-state index contributed by atoms with van der Waals surface area (Å²) in [5.41, 5.74) is 7.06. The molecule has 8 nitrogen and oxygen atoms in total. The Labute approximate surface area is 245 Å². The molecule has 0 aliphatic rings. The van der Waals surface area contributed by atoms with Crippen molar-refractivity contribution in [2.75, 3.05) is 13.7 Å². The SMILES string of the molecule is COc1ccc(OC(=O)N(CC(=O)O)Cc2cccc(CCC=C=CCCc3nc(-c4ccccc4)oc3C)c2)cc1. The van der Waals surface area contributed by atoms with Crippen molar-refractivity contribution in [2.45, 2.75) is 39.2 Å². The Morgan fingerprint density at radius 2 is 1.62 bits per heavy atom. The van der Waals surface area contributed by atoms with E-state index < -0.39 is 18.6 Å². The molecule has 1 N–H and O–H groups in total. The van der Waals surface area contributed by atoms with E-state index in [0.717, 1.165) is 58.7 Å². The van der Waals surface area contributed by atoms with Crippen LogP contribution in [-0.4, -0.2) is 40.7 Å². The Kier molecular flexibility index (Phi) is 10.7. The van der Waals surface area contributed by atoms with Crippen LogP contribution >= 0.6 is 0 Å². The smallest absolute Gasteiger partial charge is 0.416 e. The number of aryl methyl sites for hydroxylation is 3. The third kappa shape index (κ3) is 8.98. The molecule has 0 radical (unpaired) electrons. The molecule has 0 unspecified atom stereocenters. The number of aliphatic carboxylic acids is 1. The lowest BCUT2D eigenvalue weighted by Gasteiger charge is -2.20. The average molecular weight is 567 g/mol. The normalized spacial score (nSPS) is 10.4. The number of carbonyl (C=O) groups is 2. The summed E-state index contributed by atoms with van der Waals surface area (Å²) in [4.78, 5) is 30.0. The Balaban J connectivity index is 1.27. The maximum atomic E-state index is 12.7. The van der Waals surface area contributed by atoms with Crippen LogP contribution < -0.4 is 9.47 Å². The highest BCUT2D eigenvalue weighted by molar-refractivity contribution is 5.78. The van der Waals surface area contributed by atoms with Gasteiger partial charge in [-0.2, -0.15) is 0 Å². The van der Waals surface area contributed by atoms with E-state index in [2.05, 4.69) is 10.7 Å². The Hall–Kier alpha value is -5.07. The lowest BCUT2D eigenvalue weighted by molar-refractivity contribution is -0.138. The molecule has 0 atom stereocenters. The number of oxazole rings is 1. The van der Waals surface area contributed by atoms with Gasteiger partial charge in [-0.1, -0.05) is 42.5 Å². The summed E-state index contributed by atoms with van der Waals surface area (Å²) in [7, 11) is 1.54. The highest BCUT2D eigenvalue weighted by Gasteiger charge is 2.20. The molecule has 0 saturated carbocycles. The van der Waals surface area contributed by atoms with Gasteiger partial charge in [0, 0.05) is 12.1 Å². The zero-order valence-electron chi connectivity index (χ0n) is 23.8. The predicted octanol–water partition coefficient (Wildman–Crippen LogP) is 7.02. The lowest BCUT2D eigenvalue weighted by atomic mass is 10.1. The number of aromatic nitrogens is 1. The summed E-state index contributed by atoms with van der Waals surface area (Å²) in [6.45, 7) is 1.57. The van der Waals surface area contributed by atoms with E-state index in [1.165, 1.54) is 0 Å². The van der Waals surface area contributed by atoms with Gasteiger partial charge in [-0.05, 0) is 92.3 Å². The minimum absolute atomic E-state index is 0.109. The molecule has 42 heavy (non-hydrogen) atoms. The number of benzene rings is 3. The maximum absolute atomic E-state index is 12.7. The van der Waals surface area contributed by atoms with Gasteiger partial charge >= 0.3 is 12.1 Å². The first-order valence-corrected chi connectivity index (χ1v) is 13.7. The maximum Gasteiger partial charge on any atom is 0.416 e. The number of allylic oxidation sites excluding steroid dienone is 1. The molecule has 0 aliphatic carbocycles. The van der Waals surface area contributed by atoms with Crippen molar-refractivity contribution in [1.29, 1.82) is 0 Å². The summed E-state index contributed by atoms with van der Waals surface area (Å²) < 4.78 is 16.3. The van der Waals surface area contributed by atoms with Gasteiger partial charge in [-0.15, -0.1) is 5.73 Å². The van der Waals surface area contributed by atoms with E-state index in [0.29, 0.717) is 17.4 Å². The lowest BCUT2D eigenvalue weighted by Crippen LogP contribution is -2.37. The monoisotopic (exact) mass is 566 g/mol. The number of methoxy groups -OCH3 is 1. The minimum Gasteiger partial charge on any atom is -0.497 e. The number of nitrogens with zero attached hydrogens (tertiary/aromatic N) is 2. The zero-order chi connectivity index (χ0) is 29.7. The van der Waals surface area contributed by atoms with E-state index >= 15 is 0 Å². The second-order valence-electron chi connectivity index (χ2n) is 9.65. The number of ether oxygens (including phenoxy) is 2. The van der Waals surface area contributed by atoms with Crippen LogP contribution in [0.2, 0.25) is 0 Å². The van der Waals surface area contributed by atoms with Crippen LogP contribution in [0, 0.1) is 6.92 Å². The highest BCUT2D eigenvalue weighted by Crippen LogP contribution is 2.22. The van der Waals surface area contributed by atoms with E-state index in [9.17, 15) is 14.7 Å². The van der Waals surface area contributed by atoms with Crippen LogP contribution in [-0.2, 0) is 24.2 Å². The van der Waals surface area contributed by atoms with Crippen molar-refractivity contribution in [3.05, 3.63) is 119 Å². The van der Waals surface area contributed by atoms with Crippen LogP contribution in [0.1, 0.15) is 35.4 Å². The first-order chi connectivity index (χ1) is 20.4. The molecule has 0 fully saturated rings. The van der Waals surface area contributed by atoms with E-state index in [4.69, 9.17) is 13.9 Å². The molecule has 8 heteroatoms. The zero-order valence-corrected chi connectivity index (χ0v) is 23.8. The number of amides is 1. The Morgan fingerprint density at radius 3 is 2.33 bits per heavy atom.